The summed E-state index contributed by atoms with van der Waals surface area (Å²) < 4.78 is 10.1. The first kappa shape index (κ1) is 14.8. The van der Waals surface area contributed by atoms with E-state index in [0.717, 1.165) is 6.42 Å². The summed E-state index contributed by atoms with van der Waals surface area (Å²) in [6.45, 7) is 5.82. The van der Waals surface area contributed by atoms with Crippen LogP contribution >= 0.6 is 11.3 Å². The molecule has 0 saturated carbocycles. The van der Waals surface area contributed by atoms with Crippen LogP contribution in [-0.4, -0.2) is 30.5 Å². The van der Waals surface area contributed by atoms with Crippen LogP contribution < -0.4 is 0 Å². The first-order valence-corrected chi connectivity index (χ1v) is 6.58. The van der Waals surface area contributed by atoms with Crippen LogP contribution in [0.5, 0.6) is 0 Å². The van der Waals surface area contributed by atoms with Gasteiger partial charge < -0.3 is 9.47 Å². The Morgan fingerprint density at radius 2 is 2.06 bits per heavy atom. The predicted molar refractivity (Wildman–Crippen MR) is 68.1 cm³/mol. The third kappa shape index (κ3) is 3.14. The number of thiazole rings is 1. The Morgan fingerprint density at radius 3 is 2.50 bits per heavy atom. The van der Waals surface area contributed by atoms with Crippen LogP contribution in [0, 0.1) is 0 Å². The third-order valence-electron chi connectivity index (χ3n) is 2.36. The van der Waals surface area contributed by atoms with Gasteiger partial charge in [-0.3, -0.25) is 4.79 Å². The molecule has 1 aromatic heterocycles. The third-order valence-corrected chi connectivity index (χ3v) is 3.60. The Morgan fingerprint density at radius 1 is 1.39 bits per heavy atom. The van der Waals surface area contributed by atoms with Gasteiger partial charge in [0.2, 0.25) is 0 Å². The highest BCUT2D eigenvalue weighted by molar-refractivity contribution is 7.14. The maximum atomic E-state index is 11.5. The minimum atomic E-state index is -0.589. The first-order chi connectivity index (χ1) is 8.54. The highest BCUT2D eigenvalue weighted by Gasteiger charge is 2.25. The van der Waals surface area contributed by atoms with Gasteiger partial charge in [-0.1, -0.05) is 6.92 Å². The van der Waals surface area contributed by atoms with Crippen molar-refractivity contribution in [2.45, 2.75) is 33.3 Å². The molecular weight excluding hydrogens is 254 g/mol. The smallest absolute Gasteiger partial charge is 0.358 e. The van der Waals surface area contributed by atoms with Crippen molar-refractivity contribution in [3.63, 3.8) is 0 Å². The molecule has 1 rings (SSSR count). The van der Waals surface area contributed by atoms with Crippen LogP contribution in [0.1, 0.15) is 58.5 Å². The minimum absolute atomic E-state index is 0.0863. The fourth-order valence-electron chi connectivity index (χ4n) is 1.51. The van der Waals surface area contributed by atoms with Crippen molar-refractivity contribution >= 4 is 23.1 Å². The molecular formula is C12H17NO4S. The molecule has 0 aliphatic rings. The SMILES string of the molecule is CCOC(CC)c1nc(C(=O)OC)c(C(C)=O)s1. The molecule has 0 aromatic carbocycles. The molecule has 5 nitrogen and oxygen atoms in total. The van der Waals surface area contributed by atoms with Crippen molar-refractivity contribution in [3.05, 3.63) is 15.6 Å². The summed E-state index contributed by atoms with van der Waals surface area (Å²) in [4.78, 5) is 27.6. The number of rotatable bonds is 6. The van der Waals surface area contributed by atoms with Crippen LogP contribution in [0.3, 0.4) is 0 Å². The van der Waals surface area contributed by atoms with Gasteiger partial charge in [-0.2, -0.15) is 0 Å². The molecule has 0 aliphatic carbocycles. The lowest BCUT2D eigenvalue weighted by Crippen LogP contribution is -2.08. The van der Waals surface area contributed by atoms with E-state index in [9.17, 15) is 9.59 Å². The van der Waals surface area contributed by atoms with Gasteiger partial charge in [0.05, 0.1) is 7.11 Å². The molecule has 100 valence electrons. The maximum Gasteiger partial charge on any atom is 0.358 e. The molecule has 0 amide bonds. The summed E-state index contributed by atoms with van der Waals surface area (Å²) in [5.41, 5.74) is 0.0863. The molecule has 0 fully saturated rings. The Hall–Kier alpha value is -1.27. The van der Waals surface area contributed by atoms with Crippen LogP contribution in [0.2, 0.25) is 0 Å². The molecule has 1 atom stereocenters. The van der Waals surface area contributed by atoms with E-state index in [1.54, 1.807) is 0 Å². The monoisotopic (exact) mass is 271 g/mol. The maximum absolute atomic E-state index is 11.5. The fraction of sp³-hybridized carbons (Fsp3) is 0.583. The second kappa shape index (κ2) is 6.61. The molecule has 0 radical (unpaired) electrons. The fourth-order valence-corrected chi connectivity index (χ4v) is 2.59. The predicted octanol–water partition coefficient (Wildman–Crippen LogP) is 2.62. The molecule has 0 spiro atoms. The number of nitrogens with zero attached hydrogens (tertiary/aromatic N) is 1. The lowest BCUT2D eigenvalue weighted by Gasteiger charge is -2.10. The van der Waals surface area contributed by atoms with Crippen molar-refractivity contribution in [2.24, 2.45) is 0 Å². The zero-order valence-corrected chi connectivity index (χ0v) is 11.8. The zero-order valence-electron chi connectivity index (χ0n) is 11.0. The summed E-state index contributed by atoms with van der Waals surface area (Å²) in [6, 6.07) is 0. The van der Waals surface area contributed by atoms with Crippen LogP contribution in [0.25, 0.3) is 0 Å². The number of hydrogen-bond donors (Lipinski definition) is 0. The van der Waals surface area contributed by atoms with E-state index in [1.807, 2.05) is 13.8 Å². The number of ether oxygens (including phenoxy) is 2. The molecule has 1 heterocycles. The van der Waals surface area contributed by atoms with Crippen LogP contribution in [0.15, 0.2) is 0 Å². The van der Waals surface area contributed by atoms with Crippen molar-refractivity contribution in [3.8, 4) is 0 Å². The normalized spacial score (nSPS) is 12.2. The number of methoxy groups -OCH3 is 1. The first-order valence-electron chi connectivity index (χ1n) is 5.76. The molecule has 1 unspecified atom stereocenters. The number of aromatic nitrogens is 1. The zero-order chi connectivity index (χ0) is 13.7. The molecule has 0 N–H and O–H groups in total. The standard InChI is InChI=1S/C12H17NO4S/c1-5-8(17-6-2)11-13-9(12(15)16-4)10(18-11)7(3)14/h8H,5-6H2,1-4H3. The Kier molecular flexibility index (Phi) is 5.43. The number of carbonyl (C=O) groups excluding carboxylic acids is 2. The van der Waals surface area contributed by atoms with Gasteiger partial charge >= 0.3 is 5.97 Å². The number of Topliss-reactive ketones (excluding diaryl/α,β-unsaturated/α-hetero) is 1. The van der Waals surface area contributed by atoms with E-state index in [4.69, 9.17) is 4.74 Å². The van der Waals surface area contributed by atoms with Gasteiger partial charge in [-0.25, -0.2) is 9.78 Å². The van der Waals surface area contributed by atoms with Gasteiger partial charge in [0.15, 0.2) is 11.5 Å². The average Bonchev–Trinajstić information content (AvgIpc) is 2.79. The van der Waals surface area contributed by atoms with Crippen LogP contribution in [-0.2, 0) is 9.47 Å². The Bertz CT molecular complexity index is 441. The number of ketones is 1. The largest absolute Gasteiger partial charge is 0.464 e. The molecule has 1 aromatic rings. The van der Waals surface area contributed by atoms with E-state index in [1.165, 1.54) is 25.4 Å². The second-order valence-electron chi connectivity index (χ2n) is 3.63. The van der Waals surface area contributed by atoms with Crippen molar-refractivity contribution in [2.75, 3.05) is 13.7 Å². The lowest BCUT2D eigenvalue weighted by molar-refractivity contribution is 0.0566. The van der Waals surface area contributed by atoms with E-state index in [0.29, 0.717) is 16.5 Å². The number of carbonyl (C=O) groups is 2. The Balaban J connectivity index is 3.16. The summed E-state index contributed by atoms with van der Waals surface area (Å²) >= 11 is 1.20. The van der Waals surface area contributed by atoms with Gasteiger partial charge in [0, 0.05) is 13.5 Å². The average molecular weight is 271 g/mol. The van der Waals surface area contributed by atoms with E-state index >= 15 is 0 Å². The molecule has 0 saturated heterocycles. The van der Waals surface area contributed by atoms with Crippen molar-refractivity contribution in [1.82, 2.24) is 4.98 Å². The van der Waals surface area contributed by atoms with Crippen molar-refractivity contribution in [1.29, 1.82) is 0 Å². The highest BCUT2D eigenvalue weighted by atomic mass is 32.1. The number of esters is 1. The Labute approximate surface area is 110 Å². The minimum Gasteiger partial charge on any atom is -0.464 e. The number of hydrogen-bond acceptors (Lipinski definition) is 6. The molecule has 0 bridgehead atoms. The molecule has 18 heavy (non-hydrogen) atoms. The van der Waals surface area contributed by atoms with Gasteiger partial charge in [0.25, 0.3) is 0 Å². The van der Waals surface area contributed by atoms with E-state index in [2.05, 4.69) is 9.72 Å². The van der Waals surface area contributed by atoms with Gasteiger partial charge in [0.1, 0.15) is 16.0 Å². The van der Waals surface area contributed by atoms with Gasteiger partial charge in [-0.05, 0) is 13.3 Å². The topological polar surface area (TPSA) is 65.5 Å². The van der Waals surface area contributed by atoms with Crippen molar-refractivity contribution < 1.29 is 19.1 Å². The van der Waals surface area contributed by atoms with Gasteiger partial charge in [-0.15, -0.1) is 11.3 Å². The second-order valence-corrected chi connectivity index (χ2v) is 4.66. The van der Waals surface area contributed by atoms with E-state index < -0.39 is 5.97 Å². The molecule has 6 heteroatoms. The highest BCUT2D eigenvalue weighted by Crippen LogP contribution is 2.29. The summed E-state index contributed by atoms with van der Waals surface area (Å²) in [6.07, 6.45) is 0.552. The molecule has 0 aliphatic heterocycles. The quantitative estimate of drug-likeness (QED) is 0.587. The summed E-state index contributed by atoms with van der Waals surface area (Å²) in [5, 5.41) is 0.643. The summed E-state index contributed by atoms with van der Waals surface area (Å²) in [7, 11) is 1.27. The van der Waals surface area contributed by atoms with E-state index in [-0.39, 0.29) is 17.6 Å². The van der Waals surface area contributed by atoms with Crippen LogP contribution in [0.4, 0.5) is 0 Å². The summed E-state index contributed by atoms with van der Waals surface area (Å²) in [5.74, 6) is -0.778. The lowest BCUT2D eigenvalue weighted by atomic mass is 10.2.